The zero-order chi connectivity index (χ0) is 16.3. The molecule has 0 atom stereocenters. The summed E-state index contributed by atoms with van der Waals surface area (Å²) in [6.07, 6.45) is 0. The lowest BCUT2D eigenvalue weighted by Crippen LogP contribution is -2.02. The number of carboxylic acids is 1. The van der Waals surface area contributed by atoms with Gasteiger partial charge in [-0.05, 0) is 40.2 Å². The van der Waals surface area contributed by atoms with E-state index in [0.29, 0.717) is 15.8 Å². The van der Waals surface area contributed by atoms with Crippen LogP contribution in [0.15, 0.2) is 34.8 Å². The van der Waals surface area contributed by atoms with Gasteiger partial charge in [0.25, 0.3) is 0 Å². The Hall–Kier alpha value is -1.79. The normalized spacial score (nSPS) is 10.4. The van der Waals surface area contributed by atoms with E-state index in [1.807, 2.05) is 0 Å². The molecule has 22 heavy (non-hydrogen) atoms. The maximum absolute atomic E-state index is 13.0. The third-order valence-corrected chi connectivity index (χ3v) is 3.80. The fraction of sp³-hybridized carbons (Fsp3) is 0.133. The molecule has 0 unspecified atom stereocenters. The summed E-state index contributed by atoms with van der Waals surface area (Å²) >= 11 is 9.18. The van der Waals surface area contributed by atoms with Gasteiger partial charge >= 0.3 is 5.97 Å². The van der Waals surface area contributed by atoms with E-state index in [2.05, 4.69) is 15.9 Å². The summed E-state index contributed by atoms with van der Waals surface area (Å²) in [6, 6.07) is 6.76. The van der Waals surface area contributed by atoms with E-state index in [1.54, 1.807) is 0 Å². The molecule has 4 nitrogen and oxygen atoms in total. The summed E-state index contributed by atoms with van der Waals surface area (Å²) in [5.41, 5.74) is 0.662. The second-order valence-electron chi connectivity index (χ2n) is 4.32. The number of carbonyl (C=O) groups is 1. The Balaban J connectivity index is 2.27. The van der Waals surface area contributed by atoms with E-state index in [0.717, 1.165) is 0 Å². The SMILES string of the molecule is COc1cc(C(=O)O)cc(Br)c1OCc1ccc(F)cc1Cl. The van der Waals surface area contributed by atoms with Crippen molar-refractivity contribution in [1.82, 2.24) is 0 Å². The molecule has 0 aromatic heterocycles. The Morgan fingerprint density at radius 3 is 2.68 bits per heavy atom. The Morgan fingerprint density at radius 1 is 1.36 bits per heavy atom. The smallest absolute Gasteiger partial charge is 0.335 e. The van der Waals surface area contributed by atoms with Gasteiger partial charge in [0.15, 0.2) is 11.5 Å². The summed E-state index contributed by atoms with van der Waals surface area (Å²) in [4.78, 5) is 11.0. The molecule has 2 aromatic carbocycles. The first-order chi connectivity index (χ1) is 10.4. The molecule has 0 bridgehead atoms. The number of carboxylic acid groups (broad SMARTS) is 1. The van der Waals surface area contributed by atoms with Gasteiger partial charge in [0.2, 0.25) is 0 Å². The molecule has 2 aromatic rings. The van der Waals surface area contributed by atoms with Crippen LogP contribution in [-0.4, -0.2) is 18.2 Å². The maximum Gasteiger partial charge on any atom is 0.335 e. The van der Waals surface area contributed by atoms with Crippen LogP contribution in [0.25, 0.3) is 0 Å². The Morgan fingerprint density at radius 2 is 2.09 bits per heavy atom. The standard InChI is InChI=1S/C15H11BrClFO4/c1-21-13-5-9(15(19)20)4-11(16)14(13)22-7-8-2-3-10(18)6-12(8)17/h2-6H,7H2,1H3,(H,19,20). The molecular weight excluding hydrogens is 379 g/mol. The van der Waals surface area contributed by atoms with Gasteiger partial charge in [-0.15, -0.1) is 0 Å². The van der Waals surface area contributed by atoms with Gasteiger partial charge in [-0.3, -0.25) is 0 Å². The van der Waals surface area contributed by atoms with Crippen molar-refractivity contribution in [1.29, 1.82) is 0 Å². The molecule has 7 heteroatoms. The summed E-state index contributed by atoms with van der Waals surface area (Å²) in [5.74, 6) is -0.900. The fourth-order valence-electron chi connectivity index (χ4n) is 1.77. The topological polar surface area (TPSA) is 55.8 Å². The van der Waals surface area contributed by atoms with E-state index in [4.69, 9.17) is 26.2 Å². The molecule has 0 radical (unpaired) electrons. The molecule has 1 N–H and O–H groups in total. The minimum absolute atomic E-state index is 0.0656. The summed E-state index contributed by atoms with van der Waals surface area (Å²) < 4.78 is 24.2. The van der Waals surface area contributed by atoms with Crippen LogP contribution >= 0.6 is 27.5 Å². The van der Waals surface area contributed by atoms with Crippen LogP contribution in [0.3, 0.4) is 0 Å². The molecule has 0 aliphatic carbocycles. The molecule has 0 saturated carbocycles. The number of hydrogen-bond acceptors (Lipinski definition) is 3. The summed E-state index contributed by atoms with van der Waals surface area (Å²) in [7, 11) is 1.41. The fourth-order valence-corrected chi connectivity index (χ4v) is 2.55. The number of halogens is 3. The Labute approximate surface area is 139 Å². The lowest BCUT2D eigenvalue weighted by Gasteiger charge is -2.14. The van der Waals surface area contributed by atoms with Gasteiger partial charge in [-0.25, -0.2) is 9.18 Å². The van der Waals surface area contributed by atoms with Gasteiger partial charge in [0, 0.05) is 5.56 Å². The zero-order valence-electron chi connectivity index (χ0n) is 11.4. The molecule has 0 aliphatic heterocycles. The number of rotatable bonds is 5. The largest absolute Gasteiger partial charge is 0.493 e. The predicted molar refractivity (Wildman–Crippen MR) is 83.4 cm³/mol. The quantitative estimate of drug-likeness (QED) is 0.816. The predicted octanol–water partition coefficient (Wildman–Crippen LogP) is 4.53. The van der Waals surface area contributed by atoms with Crippen molar-refractivity contribution in [3.63, 3.8) is 0 Å². The number of methoxy groups -OCH3 is 1. The zero-order valence-corrected chi connectivity index (χ0v) is 13.7. The van der Waals surface area contributed by atoms with Gasteiger partial charge in [-0.1, -0.05) is 17.7 Å². The highest BCUT2D eigenvalue weighted by Gasteiger charge is 2.15. The minimum Gasteiger partial charge on any atom is -0.493 e. The van der Waals surface area contributed by atoms with Gasteiger partial charge < -0.3 is 14.6 Å². The highest BCUT2D eigenvalue weighted by atomic mass is 79.9. The van der Waals surface area contributed by atoms with Crippen LogP contribution in [-0.2, 0) is 6.61 Å². The number of aromatic carboxylic acids is 1. The number of hydrogen-bond donors (Lipinski definition) is 1. The molecule has 0 heterocycles. The van der Waals surface area contributed by atoms with Crippen molar-refractivity contribution in [3.05, 3.63) is 56.8 Å². The van der Waals surface area contributed by atoms with Crippen molar-refractivity contribution in [2.45, 2.75) is 6.61 Å². The highest BCUT2D eigenvalue weighted by molar-refractivity contribution is 9.10. The minimum atomic E-state index is -1.08. The summed E-state index contributed by atoms with van der Waals surface area (Å²) in [5, 5.41) is 9.27. The third kappa shape index (κ3) is 3.69. The highest BCUT2D eigenvalue weighted by Crippen LogP contribution is 2.37. The molecule has 2 rings (SSSR count). The average Bonchev–Trinajstić information content (AvgIpc) is 2.46. The molecule has 0 amide bonds. The van der Waals surface area contributed by atoms with Crippen molar-refractivity contribution in [2.24, 2.45) is 0 Å². The second kappa shape index (κ2) is 6.98. The van der Waals surface area contributed by atoms with E-state index < -0.39 is 11.8 Å². The molecular formula is C15H11BrClFO4. The lowest BCUT2D eigenvalue weighted by atomic mass is 10.2. The van der Waals surface area contributed by atoms with Crippen molar-refractivity contribution >= 4 is 33.5 Å². The molecule has 0 spiro atoms. The molecule has 0 fully saturated rings. The van der Waals surface area contributed by atoms with E-state index in [1.165, 1.54) is 37.4 Å². The lowest BCUT2D eigenvalue weighted by molar-refractivity contribution is 0.0696. The number of ether oxygens (including phenoxy) is 2. The Bertz CT molecular complexity index is 721. The Kier molecular flexibility index (Phi) is 5.26. The first kappa shape index (κ1) is 16.6. The monoisotopic (exact) mass is 388 g/mol. The van der Waals surface area contributed by atoms with Crippen LogP contribution < -0.4 is 9.47 Å². The second-order valence-corrected chi connectivity index (χ2v) is 5.58. The maximum atomic E-state index is 13.0. The first-order valence-electron chi connectivity index (χ1n) is 6.10. The third-order valence-electron chi connectivity index (χ3n) is 2.86. The van der Waals surface area contributed by atoms with E-state index in [9.17, 15) is 9.18 Å². The van der Waals surface area contributed by atoms with Gasteiger partial charge in [-0.2, -0.15) is 0 Å². The van der Waals surface area contributed by atoms with Crippen molar-refractivity contribution < 1.29 is 23.8 Å². The molecule has 0 aliphatic rings. The van der Waals surface area contributed by atoms with Gasteiger partial charge in [0.05, 0.1) is 22.2 Å². The summed E-state index contributed by atoms with van der Waals surface area (Å²) in [6.45, 7) is 0.0838. The van der Waals surface area contributed by atoms with Crippen LogP contribution in [0.2, 0.25) is 5.02 Å². The molecule has 116 valence electrons. The van der Waals surface area contributed by atoms with Crippen LogP contribution in [0.4, 0.5) is 4.39 Å². The van der Waals surface area contributed by atoms with Gasteiger partial charge in [0.1, 0.15) is 12.4 Å². The van der Waals surface area contributed by atoms with Crippen LogP contribution in [0.5, 0.6) is 11.5 Å². The van der Waals surface area contributed by atoms with Crippen molar-refractivity contribution in [3.8, 4) is 11.5 Å². The van der Waals surface area contributed by atoms with Crippen LogP contribution in [0, 0.1) is 5.82 Å². The number of benzene rings is 2. The average molecular weight is 390 g/mol. The molecule has 0 saturated heterocycles. The first-order valence-corrected chi connectivity index (χ1v) is 7.27. The van der Waals surface area contributed by atoms with Crippen molar-refractivity contribution in [2.75, 3.05) is 7.11 Å². The van der Waals surface area contributed by atoms with E-state index in [-0.39, 0.29) is 22.9 Å². The van der Waals surface area contributed by atoms with Crippen LogP contribution in [0.1, 0.15) is 15.9 Å². The van der Waals surface area contributed by atoms with E-state index >= 15 is 0 Å².